The number of amides is 1. The molecule has 0 aliphatic heterocycles. The van der Waals surface area contributed by atoms with Gasteiger partial charge in [0.05, 0.1) is 12.0 Å². The Balaban J connectivity index is 1.85. The van der Waals surface area contributed by atoms with Crippen LogP contribution in [0.3, 0.4) is 0 Å². The SMILES string of the molecule is COc1ccc(S(=O)(=O)[C@H](CNC(=O)c2ccc(Br)o2)c2cccs2)cc1. The van der Waals surface area contributed by atoms with Crippen molar-refractivity contribution in [3.63, 3.8) is 0 Å². The molecule has 0 radical (unpaired) electrons. The quantitative estimate of drug-likeness (QED) is 0.563. The van der Waals surface area contributed by atoms with Crippen LogP contribution < -0.4 is 10.1 Å². The van der Waals surface area contributed by atoms with E-state index in [1.54, 1.807) is 35.7 Å². The highest BCUT2D eigenvalue weighted by Crippen LogP contribution is 2.32. The summed E-state index contributed by atoms with van der Waals surface area (Å²) in [5.41, 5.74) is 0. The molecule has 1 aromatic carbocycles. The number of rotatable bonds is 7. The van der Waals surface area contributed by atoms with Gasteiger partial charge in [-0.05, 0) is 63.8 Å². The monoisotopic (exact) mass is 469 g/mol. The van der Waals surface area contributed by atoms with E-state index in [-0.39, 0.29) is 17.2 Å². The molecule has 0 fully saturated rings. The highest BCUT2D eigenvalue weighted by molar-refractivity contribution is 9.10. The van der Waals surface area contributed by atoms with Gasteiger partial charge >= 0.3 is 0 Å². The van der Waals surface area contributed by atoms with Gasteiger partial charge in [-0.25, -0.2) is 8.42 Å². The maximum Gasteiger partial charge on any atom is 0.287 e. The van der Waals surface area contributed by atoms with Gasteiger partial charge in [-0.2, -0.15) is 0 Å². The lowest BCUT2D eigenvalue weighted by atomic mass is 10.3. The number of thiophene rings is 1. The third-order valence-electron chi connectivity index (χ3n) is 3.87. The van der Waals surface area contributed by atoms with Crippen LogP contribution in [0.1, 0.15) is 20.7 Å². The van der Waals surface area contributed by atoms with Crippen LogP contribution in [0, 0.1) is 0 Å². The van der Waals surface area contributed by atoms with Gasteiger partial charge in [-0.3, -0.25) is 4.79 Å². The van der Waals surface area contributed by atoms with Gasteiger partial charge in [0.25, 0.3) is 5.91 Å². The van der Waals surface area contributed by atoms with E-state index >= 15 is 0 Å². The van der Waals surface area contributed by atoms with Gasteiger partial charge in [-0.1, -0.05) is 6.07 Å². The molecular weight excluding hydrogens is 454 g/mol. The fraction of sp³-hybridized carbons (Fsp3) is 0.167. The molecule has 0 aliphatic rings. The molecule has 142 valence electrons. The number of halogens is 1. The van der Waals surface area contributed by atoms with Crippen molar-refractivity contribution >= 4 is 43.0 Å². The summed E-state index contributed by atoms with van der Waals surface area (Å²) in [7, 11) is -2.21. The van der Waals surface area contributed by atoms with Crippen molar-refractivity contribution < 1.29 is 22.4 Å². The molecule has 3 rings (SSSR count). The highest BCUT2D eigenvalue weighted by atomic mass is 79.9. The first-order valence-corrected chi connectivity index (χ1v) is 11.1. The summed E-state index contributed by atoms with van der Waals surface area (Å²) >= 11 is 4.46. The van der Waals surface area contributed by atoms with Gasteiger partial charge in [0, 0.05) is 11.4 Å². The maximum absolute atomic E-state index is 13.2. The predicted molar refractivity (Wildman–Crippen MR) is 106 cm³/mol. The van der Waals surface area contributed by atoms with Gasteiger partial charge in [0.1, 0.15) is 11.0 Å². The zero-order chi connectivity index (χ0) is 19.4. The van der Waals surface area contributed by atoms with Crippen LogP contribution in [0.5, 0.6) is 5.75 Å². The Labute approximate surface area is 169 Å². The molecule has 3 aromatic rings. The number of carbonyl (C=O) groups is 1. The fourth-order valence-electron chi connectivity index (χ4n) is 2.48. The van der Waals surface area contributed by atoms with Gasteiger partial charge in [0.2, 0.25) is 0 Å². The molecule has 0 bridgehead atoms. The number of methoxy groups -OCH3 is 1. The molecule has 2 heterocycles. The molecule has 0 spiro atoms. The number of sulfone groups is 1. The zero-order valence-corrected chi connectivity index (χ0v) is 17.4. The van der Waals surface area contributed by atoms with E-state index in [1.165, 1.54) is 36.6 Å². The summed E-state index contributed by atoms with van der Waals surface area (Å²) in [6.45, 7) is -0.0774. The minimum atomic E-state index is -3.72. The Bertz CT molecular complexity index is 1010. The highest BCUT2D eigenvalue weighted by Gasteiger charge is 2.31. The maximum atomic E-state index is 13.2. The van der Waals surface area contributed by atoms with Crippen molar-refractivity contribution in [3.05, 3.63) is 69.2 Å². The minimum Gasteiger partial charge on any atom is -0.497 e. The van der Waals surface area contributed by atoms with Crippen molar-refractivity contribution in [2.24, 2.45) is 0 Å². The predicted octanol–water partition coefficient (Wildman–Crippen LogP) is 4.06. The summed E-state index contributed by atoms with van der Waals surface area (Å²) in [6, 6.07) is 12.8. The summed E-state index contributed by atoms with van der Waals surface area (Å²) in [5, 5.41) is 3.54. The van der Waals surface area contributed by atoms with Crippen molar-refractivity contribution in [2.45, 2.75) is 10.1 Å². The smallest absolute Gasteiger partial charge is 0.287 e. The lowest BCUT2D eigenvalue weighted by Crippen LogP contribution is -2.31. The van der Waals surface area contributed by atoms with E-state index in [0.29, 0.717) is 15.3 Å². The van der Waals surface area contributed by atoms with Crippen LogP contribution in [0.2, 0.25) is 0 Å². The van der Waals surface area contributed by atoms with Crippen molar-refractivity contribution in [1.82, 2.24) is 5.32 Å². The van der Waals surface area contributed by atoms with Gasteiger partial charge in [0.15, 0.2) is 20.3 Å². The summed E-state index contributed by atoms with van der Waals surface area (Å²) in [6.07, 6.45) is 0. The minimum absolute atomic E-state index is 0.0774. The number of hydrogen-bond donors (Lipinski definition) is 1. The molecular formula is C18H16BrNO5S2. The summed E-state index contributed by atoms with van der Waals surface area (Å²) in [5.74, 6) is 0.194. The average Bonchev–Trinajstić information content (AvgIpc) is 3.33. The standard InChI is InChI=1S/C18H16BrNO5S2/c1-24-12-4-6-13(7-5-12)27(22,23)16(15-3-2-10-26-15)11-20-18(21)14-8-9-17(19)25-14/h2-10,16H,11H2,1H3,(H,20,21)/t16-/m1/s1. The molecule has 0 saturated carbocycles. The van der Waals surface area contributed by atoms with Crippen LogP contribution in [0.25, 0.3) is 0 Å². The Kier molecular flexibility index (Phi) is 6.03. The summed E-state index contributed by atoms with van der Waals surface area (Å²) < 4.78 is 37.0. The molecule has 9 heteroatoms. The number of benzene rings is 1. The second kappa shape index (κ2) is 8.28. The fourth-order valence-corrected chi connectivity index (χ4v) is 5.57. The number of furan rings is 1. The second-order valence-electron chi connectivity index (χ2n) is 5.54. The molecule has 27 heavy (non-hydrogen) atoms. The average molecular weight is 470 g/mol. The first-order valence-electron chi connectivity index (χ1n) is 7.86. The lowest BCUT2D eigenvalue weighted by Gasteiger charge is -2.17. The largest absolute Gasteiger partial charge is 0.497 e. The zero-order valence-electron chi connectivity index (χ0n) is 14.2. The molecule has 1 amide bonds. The van der Waals surface area contributed by atoms with E-state index in [2.05, 4.69) is 21.2 Å². The van der Waals surface area contributed by atoms with E-state index in [0.717, 1.165) is 0 Å². The molecule has 0 unspecified atom stereocenters. The van der Waals surface area contributed by atoms with Crippen molar-refractivity contribution in [1.29, 1.82) is 0 Å². The molecule has 1 N–H and O–H groups in total. The van der Waals surface area contributed by atoms with Crippen molar-refractivity contribution in [2.75, 3.05) is 13.7 Å². The summed E-state index contributed by atoms with van der Waals surface area (Å²) in [4.78, 5) is 13.1. The van der Waals surface area contributed by atoms with Crippen LogP contribution in [-0.4, -0.2) is 28.0 Å². The van der Waals surface area contributed by atoms with Gasteiger partial charge in [-0.15, -0.1) is 11.3 Å². The number of hydrogen-bond acceptors (Lipinski definition) is 6. The normalized spacial score (nSPS) is 12.5. The molecule has 2 aromatic heterocycles. The first kappa shape index (κ1) is 19.7. The van der Waals surface area contributed by atoms with E-state index in [4.69, 9.17) is 9.15 Å². The molecule has 0 saturated heterocycles. The number of ether oxygens (including phenoxy) is 1. The van der Waals surface area contributed by atoms with Crippen LogP contribution in [-0.2, 0) is 9.84 Å². The number of carbonyl (C=O) groups excluding carboxylic acids is 1. The Morgan fingerprint density at radius 3 is 2.52 bits per heavy atom. The molecule has 1 atom stereocenters. The topological polar surface area (TPSA) is 85.6 Å². The van der Waals surface area contributed by atoms with E-state index in [1.807, 2.05) is 0 Å². The first-order chi connectivity index (χ1) is 12.9. The number of nitrogens with one attached hydrogen (secondary N) is 1. The Morgan fingerprint density at radius 1 is 1.22 bits per heavy atom. The van der Waals surface area contributed by atoms with Crippen LogP contribution >= 0.6 is 27.3 Å². The Morgan fingerprint density at radius 2 is 1.96 bits per heavy atom. The van der Waals surface area contributed by atoms with Crippen molar-refractivity contribution in [3.8, 4) is 5.75 Å². The van der Waals surface area contributed by atoms with Gasteiger partial charge < -0.3 is 14.5 Å². The third-order valence-corrected chi connectivity index (χ3v) is 7.53. The van der Waals surface area contributed by atoms with E-state index < -0.39 is 21.0 Å². The van der Waals surface area contributed by atoms with E-state index in [9.17, 15) is 13.2 Å². The lowest BCUT2D eigenvalue weighted by molar-refractivity contribution is 0.0925. The van der Waals surface area contributed by atoms with Crippen LogP contribution in [0.15, 0.2) is 67.9 Å². The van der Waals surface area contributed by atoms with Crippen LogP contribution in [0.4, 0.5) is 0 Å². The Hall–Kier alpha value is -2.10. The second-order valence-corrected chi connectivity index (χ2v) is 9.43. The third kappa shape index (κ3) is 4.42. The molecule has 6 nitrogen and oxygen atoms in total. The molecule has 0 aliphatic carbocycles.